The molecule has 0 saturated carbocycles. The third kappa shape index (κ3) is 6.90. The van der Waals surface area contributed by atoms with E-state index in [9.17, 15) is 32.7 Å². The van der Waals surface area contributed by atoms with E-state index in [1.165, 1.54) is 35.2 Å². The van der Waals surface area contributed by atoms with Crippen molar-refractivity contribution >= 4 is 68.7 Å². The minimum atomic E-state index is -4.58. The van der Waals surface area contributed by atoms with E-state index in [-0.39, 0.29) is 56.1 Å². The number of ether oxygens (including phenoxy) is 1. The first-order chi connectivity index (χ1) is 21.3. The summed E-state index contributed by atoms with van der Waals surface area (Å²) in [6.45, 7) is 4.66. The molecule has 238 valence electrons. The highest BCUT2D eigenvalue weighted by Gasteiger charge is 2.44. The first-order valence-corrected chi connectivity index (χ1v) is 15.4. The number of aromatic nitrogens is 1. The lowest BCUT2D eigenvalue weighted by atomic mass is 10.1. The molecule has 45 heavy (non-hydrogen) atoms. The van der Waals surface area contributed by atoms with Gasteiger partial charge in [-0.2, -0.15) is 13.2 Å². The van der Waals surface area contributed by atoms with Gasteiger partial charge in [0, 0.05) is 47.8 Å². The van der Waals surface area contributed by atoms with Crippen LogP contribution < -0.4 is 10.2 Å². The lowest BCUT2D eigenvalue weighted by molar-refractivity contribution is -0.138. The molecule has 2 aliphatic heterocycles. The van der Waals surface area contributed by atoms with E-state index < -0.39 is 29.7 Å². The van der Waals surface area contributed by atoms with Gasteiger partial charge in [-0.3, -0.25) is 10.1 Å². The first-order valence-electron chi connectivity index (χ1n) is 13.9. The van der Waals surface area contributed by atoms with Crippen LogP contribution in [-0.2, 0) is 15.7 Å². The van der Waals surface area contributed by atoms with Crippen LogP contribution in [0.5, 0.6) is 0 Å². The molecule has 2 amide bonds. The van der Waals surface area contributed by atoms with Crippen molar-refractivity contribution in [2.45, 2.75) is 32.5 Å². The van der Waals surface area contributed by atoms with Crippen LogP contribution in [0.1, 0.15) is 41.8 Å². The molecule has 2 unspecified atom stereocenters. The number of fused-ring (bicyclic) bond motifs is 1. The van der Waals surface area contributed by atoms with Crippen LogP contribution in [0, 0.1) is 5.92 Å². The molecular weight excluding hydrogens is 656 g/mol. The largest absolute Gasteiger partial charge is 0.465 e. The van der Waals surface area contributed by atoms with Gasteiger partial charge in [0.1, 0.15) is 10.7 Å². The zero-order valence-electron chi connectivity index (χ0n) is 24.0. The summed E-state index contributed by atoms with van der Waals surface area (Å²) in [6.07, 6.45) is -3.48. The van der Waals surface area contributed by atoms with Crippen molar-refractivity contribution in [3.63, 3.8) is 0 Å². The number of halogens is 5. The summed E-state index contributed by atoms with van der Waals surface area (Å²) in [6, 6.07) is 7.23. The second kappa shape index (κ2) is 12.9. The van der Waals surface area contributed by atoms with Gasteiger partial charge in [0.25, 0.3) is 5.91 Å². The monoisotopic (exact) mass is 682 g/mol. The number of nitrogens with zero attached hydrogens (tertiary/aromatic N) is 3. The lowest BCUT2D eigenvalue weighted by Gasteiger charge is -2.23. The summed E-state index contributed by atoms with van der Waals surface area (Å²) >= 11 is 13.9. The minimum absolute atomic E-state index is 0.0555. The molecule has 2 atom stereocenters. The number of anilines is 2. The summed E-state index contributed by atoms with van der Waals surface area (Å²) in [5.41, 5.74) is 0.237. The Kier molecular flexibility index (Phi) is 9.33. The van der Waals surface area contributed by atoms with Crippen molar-refractivity contribution in [3.05, 3.63) is 68.7 Å². The molecule has 0 spiro atoms. The Labute approximate surface area is 270 Å². The number of esters is 1. The molecule has 2 N–H and O–H groups in total. The van der Waals surface area contributed by atoms with Crippen molar-refractivity contribution in [2.75, 3.05) is 36.5 Å². The maximum Gasteiger partial charge on any atom is 0.416 e. The summed E-state index contributed by atoms with van der Waals surface area (Å²) in [5.74, 6) is -1.11. The smallest absolute Gasteiger partial charge is 0.416 e. The molecule has 0 radical (unpaired) electrons. The van der Waals surface area contributed by atoms with E-state index in [0.717, 1.165) is 23.5 Å². The SMILES string of the molecule is CCOC(=O)/C(C)=C/c1c(Cl)cc(C(=O)Nc2nc(-c3cccc(C(F)(F)F)c3)c(N3CC4CCN(C(=O)O)C4C3)s2)cc1Cl. The van der Waals surface area contributed by atoms with Crippen LogP contribution >= 0.6 is 34.5 Å². The van der Waals surface area contributed by atoms with E-state index in [1.54, 1.807) is 13.8 Å². The van der Waals surface area contributed by atoms with Crippen LogP contribution in [0.4, 0.5) is 28.1 Å². The van der Waals surface area contributed by atoms with Gasteiger partial charge in [-0.25, -0.2) is 14.6 Å². The van der Waals surface area contributed by atoms with Crippen molar-refractivity contribution in [1.29, 1.82) is 0 Å². The van der Waals surface area contributed by atoms with Crippen molar-refractivity contribution in [1.82, 2.24) is 9.88 Å². The van der Waals surface area contributed by atoms with Crippen LogP contribution in [0.3, 0.4) is 0 Å². The van der Waals surface area contributed by atoms with Crippen LogP contribution in [0.25, 0.3) is 17.3 Å². The summed E-state index contributed by atoms with van der Waals surface area (Å²) in [5, 5.41) is 13.1. The van der Waals surface area contributed by atoms with Crippen molar-refractivity contribution < 1.29 is 37.4 Å². The van der Waals surface area contributed by atoms with E-state index in [2.05, 4.69) is 10.3 Å². The number of alkyl halides is 3. The number of carbonyl (C=O) groups is 3. The third-order valence-electron chi connectivity index (χ3n) is 7.67. The average molecular weight is 684 g/mol. The molecule has 9 nitrogen and oxygen atoms in total. The van der Waals surface area contributed by atoms with Crippen molar-refractivity contribution in [2.24, 2.45) is 5.92 Å². The second-order valence-corrected chi connectivity index (χ2v) is 12.4. The molecule has 3 heterocycles. The molecule has 2 fully saturated rings. The van der Waals surface area contributed by atoms with Crippen LogP contribution in [0.15, 0.2) is 42.0 Å². The van der Waals surface area contributed by atoms with Gasteiger partial charge >= 0.3 is 18.2 Å². The van der Waals surface area contributed by atoms with Crippen molar-refractivity contribution in [3.8, 4) is 11.3 Å². The maximum atomic E-state index is 13.6. The van der Waals surface area contributed by atoms with Gasteiger partial charge in [0.15, 0.2) is 5.13 Å². The summed E-state index contributed by atoms with van der Waals surface area (Å²) in [4.78, 5) is 44.9. The van der Waals surface area contributed by atoms with Gasteiger partial charge < -0.3 is 19.6 Å². The van der Waals surface area contributed by atoms with Crippen LogP contribution in [0.2, 0.25) is 10.0 Å². The summed E-state index contributed by atoms with van der Waals surface area (Å²) in [7, 11) is 0. The van der Waals surface area contributed by atoms with E-state index >= 15 is 0 Å². The van der Waals surface area contributed by atoms with E-state index in [0.29, 0.717) is 36.6 Å². The standard InChI is InChI=1S/C30H27Cl2F3N4O5S/c1-3-44-27(41)15(2)9-20-21(31)11-18(12-22(20)32)25(40)37-28-36-24(16-5-4-6-19(10-16)30(33,34)35)26(45-28)38-13-17-7-8-39(29(42)43)23(17)14-38/h4-6,9-12,17,23H,3,7-8,13-14H2,1-2H3,(H,42,43)(H,36,37,40)/b15-9+. The zero-order valence-corrected chi connectivity index (χ0v) is 26.3. The number of hydrogen-bond donors (Lipinski definition) is 2. The molecule has 1 aromatic heterocycles. The molecule has 15 heteroatoms. The molecule has 5 rings (SSSR count). The number of benzene rings is 2. The highest BCUT2D eigenvalue weighted by molar-refractivity contribution is 7.20. The number of carbonyl (C=O) groups excluding carboxylic acids is 2. The molecule has 2 aliphatic rings. The Balaban J connectivity index is 1.46. The maximum absolute atomic E-state index is 13.6. The third-order valence-corrected chi connectivity index (χ3v) is 9.33. The zero-order chi connectivity index (χ0) is 32.6. The Morgan fingerprint density at radius 2 is 1.89 bits per heavy atom. The average Bonchev–Trinajstić information content (AvgIpc) is 3.68. The molecule has 0 bridgehead atoms. The predicted molar refractivity (Wildman–Crippen MR) is 166 cm³/mol. The Hall–Kier alpha value is -3.81. The van der Waals surface area contributed by atoms with Gasteiger partial charge in [0.05, 0.1) is 28.3 Å². The predicted octanol–water partition coefficient (Wildman–Crippen LogP) is 7.54. The second-order valence-electron chi connectivity index (χ2n) is 10.6. The fourth-order valence-electron chi connectivity index (χ4n) is 5.52. The lowest BCUT2D eigenvalue weighted by Crippen LogP contribution is -2.38. The minimum Gasteiger partial charge on any atom is -0.465 e. The fraction of sp³-hybridized carbons (Fsp3) is 0.333. The van der Waals surface area contributed by atoms with E-state index in [4.69, 9.17) is 27.9 Å². The number of carboxylic acid groups (broad SMARTS) is 1. The number of rotatable bonds is 7. The number of hydrogen-bond acceptors (Lipinski definition) is 7. The quantitative estimate of drug-likeness (QED) is 0.196. The Bertz CT molecular complexity index is 1670. The molecule has 0 aliphatic carbocycles. The molecule has 2 saturated heterocycles. The number of nitrogens with one attached hydrogen (secondary N) is 1. The Morgan fingerprint density at radius 1 is 1.18 bits per heavy atom. The fourth-order valence-corrected chi connectivity index (χ4v) is 7.12. The number of amides is 2. The van der Waals surface area contributed by atoms with E-state index in [1.807, 2.05) is 4.90 Å². The number of thiazole rings is 1. The normalized spacial score (nSPS) is 18.2. The summed E-state index contributed by atoms with van der Waals surface area (Å²) < 4.78 is 45.7. The molecular formula is C30H27Cl2F3N4O5S. The number of likely N-dealkylation sites (tertiary alicyclic amines) is 1. The molecule has 2 aromatic carbocycles. The highest BCUT2D eigenvalue weighted by Crippen LogP contribution is 2.44. The van der Waals surface area contributed by atoms with Gasteiger partial charge in [-0.15, -0.1) is 0 Å². The topological polar surface area (TPSA) is 112 Å². The Morgan fingerprint density at radius 3 is 2.53 bits per heavy atom. The van der Waals surface area contributed by atoms with Gasteiger partial charge in [-0.05, 0) is 50.6 Å². The van der Waals surface area contributed by atoms with Gasteiger partial charge in [0.2, 0.25) is 0 Å². The molecule has 3 aromatic rings. The first kappa shape index (κ1) is 32.6. The van der Waals surface area contributed by atoms with Gasteiger partial charge in [-0.1, -0.05) is 46.7 Å². The highest BCUT2D eigenvalue weighted by atomic mass is 35.5. The van der Waals surface area contributed by atoms with Crippen LogP contribution in [-0.4, -0.2) is 65.2 Å².